The summed E-state index contributed by atoms with van der Waals surface area (Å²) in [6, 6.07) is 13.9. The minimum absolute atomic E-state index is 0.0696. The molecule has 0 radical (unpaired) electrons. The van der Waals surface area contributed by atoms with Gasteiger partial charge in [-0.05, 0) is 48.9 Å². The van der Waals surface area contributed by atoms with Crippen molar-refractivity contribution in [3.05, 3.63) is 82.4 Å². The van der Waals surface area contributed by atoms with Crippen molar-refractivity contribution in [3.63, 3.8) is 0 Å². The van der Waals surface area contributed by atoms with Crippen LogP contribution in [0.2, 0.25) is 10.0 Å². The molecule has 0 unspecified atom stereocenters. The molecule has 0 saturated carbocycles. The van der Waals surface area contributed by atoms with Crippen LogP contribution < -0.4 is 4.90 Å². The van der Waals surface area contributed by atoms with E-state index in [0.29, 0.717) is 27.2 Å². The molecular weight excluding hydrogens is 359 g/mol. The summed E-state index contributed by atoms with van der Waals surface area (Å²) < 4.78 is 5.47. The van der Waals surface area contributed by atoms with Crippen molar-refractivity contribution < 1.29 is 9.21 Å². The maximum Gasteiger partial charge on any atom is 0.233 e. The number of furan rings is 1. The van der Waals surface area contributed by atoms with E-state index in [4.69, 9.17) is 27.6 Å². The molecule has 128 valence electrons. The average molecular weight is 375 g/mol. The molecule has 0 fully saturated rings. The summed E-state index contributed by atoms with van der Waals surface area (Å²) in [6.45, 7) is 1.89. The van der Waals surface area contributed by atoms with Crippen LogP contribution in [0.3, 0.4) is 0 Å². The number of halogens is 2. The Morgan fingerprint density at radius 3 is 2.48 bits per heavy atom. The smallest absolute Gasteiger partial charge is 0.233 e. The molecule has 0 N–H and O–H groups in total. The summed E-state index contributed by atoms with van der Waals surface area (Å²) in [5.74, 6) is 1.04. The Labute approximate surface area is 156 Å². The molecule has 1 amide bonds. The predicted molar refractivity (Wildman–Crippen MR) is 99.0 cm³/mol. The molecule has 0 aliphatic rings. The van der Waals surface area contributed by atoms with Crippen molar-refractivity contribution in [1.29, 1.82) is 0 Å². The van der Waals surface area contributed by atoms with E-state index < -0.39 is 0 Å². The first-order valence-electron chi connectivity index (χ1n) is 7.77. The zero-order valence-electron chi connectivity index (χ0n) is 13.5. The largest absolute Gasteiger partial charge is 0.467 e. The lowest BCUT2D eigenvalue weighted by Gasteiger charge is -2.27. The number of nitrogens with zero attached hydrogens (tertiary/aromatic N) is 2. The summed E-state index contributed by atoms with van der Waals surface area (Å²) in [5, 5.41) is 0.931. The molecule has 2 aromatic heterocycles. The molecule has 0 bridgehead atoms. The fraction of sp³-hybridized carbons (Fsp3) is 0.158. The third-order valence-corrected chi connectivity index (χ3v) is 4.60. The number of benzene rings is 1. The second-order valence-corrected chi connectivity index (χ2v) is 6.33. The van der Waals surface area contributed by atoms with Gasteiger partial charge in [-0.1, -0.05) is 35.3 Å². The van der Waals surface area contributed by atoms with Gasteiger partial charge in [-0.2, -0.15) is 0 Å². The van der Waals surface area contributed by atoms with Gasteiger partial charge in [-0.3, -0.25) is 9.69 Å². The number of carbonyl (C=O) groups excluding carboxylic acids is 1. The van der Waals surface area contributed by atoms with Gasteiger partial charge >= 0.3 is 0 Å². The van der Waals surface area contributed by atoms with Gasteiger partial charge in [-0.15, -0.1) is 0 Å². The van der Waals surface area contributed by atoms with Crippen LogP contribution in [0.1, 0.15) is 24.3 Å². The molecule has 25 heavy (non-hydrogen) atoms. The number of aromatic nitrogens is 1. The summed E-state index contributed by atoms with van der Waals surface area (Å²) >= 11 is 12.4. The maximum atomic E-state index is 13.1. The topological polar surface area (TPSA) is 46.3 Å². The standard InChI is InChI=1S/C19H16Cl2N2O2/c1-13(17-8-5-11-25-17)23(18-9-2-3-10-22-18)19(24)12-14-15(20)6-4-7-16(14)21/h2-11,13H,12H2,1H3/t13-/m0/s1. The number of anilines is 1. The Morgan fingerprint density at radius 2 is 1.88 bits per heavy atom. The first-order chi connectivity index (χ1) is 12.1. The van der Waals surface area contributed by atoms with Gasteiger partial charge in [0, 0.05) is 16.2 Å². The van der Waals surface area contributed by atoms with E-state index in [1.807, 2.05) is 19.1 Å². The van der Waals surface area contributed by atoms with Gasteiger partial charge in [0.15, 0.2) is 0 Å². The van der Waals surface area contributed by atoms with Gasteiger partial charge in [0.1, 0.15) is 11.6 Å². The SMILES string of the molecule is C[C@@H](c1ccco1)N(C(=O)Cc1c(Cl)cccc1Cl)c1ccccn1. The number of amides is 1. The van der Waals surface area contributed by atoms with Crippen LogP contribution in [0.15, 0.2) is 65.4 Å². The summed E-state index contributed by atoms with van der Waals surface area (Å²) in [6.07, 6.45) is 3.30. The predicted octanol–water partition coefficient (Wildman–Crippen LogP) is 5.32. The van der Waals surface area contributed by atoms with Gasteiger partial charge < -0.3 is 4.42 Å². The highest BCUT2D eigenvalue weighted by atomic mass is 35.5. The molecule has 6 heteroatoms. The van der Waals surface area contributed by atoms with Gasteiger partial charge in [-0.25, -0.2) is 4.98 Å². The zero-order valence-corrected chi connectivity index (χ0v) is 15.0. The van der Waals surface area contributed by atoms with Crippen LogP contribution in [0.5, 0.6) is 0 Å². The van der Waals surface area contributed by atoms with Crippen molar-refractivity contribution >= 4 is 34.9 Å². The summed E-state index contributed by atoms with van der Waals surface area (Å²) in [4.78, 5) is 19.0. The number of carbonyl (C=O) groups is 1. The number of pyridine rings is 1. The van der Waals surface area contributed by atoms with E-state index >= 15 is 0 Å². The minimum atomic E-state index is -0.321. The Hall–Kier alpha value is -2.30. The van der Waals surface area contributed by atoms with Crippen LogP contribution in [0.25, 0.3) is 0 Å². The quantitative estimate of drug-likeness (QED) is 0.607. The lowest BCUT2D eigenvalue weighted by molar-refractivity contribution is -0.118. The van der Waals surface area contributed by atoms with Crippen LogP contribution in [0.4, 0.5) is 5.82 Å². The fourth-order valence-electron chi connectivity index (χ4n) is 2.63. The molecular formula is C19H16Cl2N2O2. The second-order valence-electron chi connectivity index (χ2n) is 5.52. The molecule has 0 spiro atoms. The van der Waals surface area contributed by atoms with E-state index in [9.17, 15) is 4.79 Å². The molecule has 4 nitrogen and oxygen atoms in total. The van der Waals surface area contributed by atoms with E-state index in [0.717, 1.165) is 0 Å². The Bertz CT molecular complexity index is 831. The fourth-order valence-corrected chi connectivity index (χ4v) is 3.16. The normalized spacial score (nSPS) is 12.0. The summed E-state index contributed by atoms with van der Waals surface area (Å²) in [5.41, 5.74) is 0.600. The zero-order chi connectivity index (χ0) is 17.8. The van der Waals surface area contributed by atoms with Gasteiger partial charge in [0.05, 0.1) is 18.7 Å². The van der Waals surface area contributed by atoms with Crippen LogP contribution in [-0.4, -0.2) is 10.9 Å². The van der Waals surface area contributed by atoms with Crippen LogP contribution in [0, 0.1) is 0 Å². The molecule has 0 aliphatic carbocycles. The first kappa shape index (κ1) is 17.5. The van der Waals surface area contributed by atoms with Crippen molar-refractivity contribution in [1.82, 2.24) is 4.98 Å². The van der Waals surface area contributed by atoms with Crippen LogP contribution in [-0.2, 0) is 11.2 Å². The molecule has 1 aromatic carbocycles. The molecule has 1 atom stereocenters. The minimum Gasteiger partial charge on any atom is -0.467 e. The number of hydrogen-bond donors (Lipinski definition) is 0. The van der Waals surface area contributed by atoms with E-state index in [-0.39, 0.29) is 18.4 Å². The van der Waals surface area contributed by atoms with Crippen molar-refractivity contribution in [3.8, 4) is 0 Å². The van der Waals surface area contributed by atoms with Crippen molar-refractivity contribution in [2.45, 2.75) is 19.4 Å². The Balaban J connectivity index is 1.95. The maximum absolute atomic E-state index is 13.1. The third kappa shape index (κ3) is 3.86. The third-order valence-electron chi connectivity index (χ3n) is 3.90. The van der Waals surface area contributed by atoms with Crippen LogP contribution >= 0.6 is 23.2 Å². The lowest BCUT2D eigenvalue weighted by atomic mass is 10.1. The summed E-state index contributed by atoms with van der Waals surface area (Å²) in [7, 11) is 0. The average Bonchev–Trinajstić information content (AvgIpc) is 3.14. The van der Waals surface area contributed by atoms with E-state index in [1.165, 1.54) is 0 Å². The number of rotatable bonds is 5. The number of hydrogen-bond acceptors (Lipinski definition) is 3. The molecule has 0 aliphatic heterocycles. The van der Waals surface area contributed by atoms with Crippen molar-refractivity contribution in [2.75, 3.05) is 4.90 Å². The first-order valence-corrected chi connectivity index (χ1v) is 8.53. The highest BCUT2D eigenvalue weighted by Gasteiger charge is 2.27. The van der Waals surface area contributed by atoms with E-state index in [2.05, 4.69) is 4.98 Å². The van der Waals surface area contributed by atoms with Crippen molar-refractivity contribution in [2.24, 2.45) is 0 Å². The molecule has 3 aromatic rings. The highest BCUT2D eigenvalue weighted by Crippen LogP contribution is 2.29. The monoisotopic (exact) mass is 374 g/mol. The molecule has 0 saturated heterocycles. The van der Waals surface area contributed by atoms with E-state index in [1.54, 1.807) is 53.8 Å². The highest BCUT2D eigenvalue weighted by molar-refractivity contribution is 6.36. The van der Waals surface area contributed by atoms with Gasteiger partial charge in [0.25, 0.3) is 0 Å². The molecule has 2 heterocycles. The Morgan fingerprint density at radius 1 is 1.12 bits per heavy atom. The molecule has 3 rings (SSSR count). The lowest BCUT2D eigenvalue weighted by Crippen LogP contribution is -2.35. The Kier molecular flexibility index (Phi) is 5.41. The second kappa shape index (κ2) is 7.72. The van der Waals surface area contributed by atoms with Gasteiger partial charge in [0.2, 0.25) is 5.91 Å².